The summed E-state index contributed by atoms with van der Waals surface area (Å²) in [6.07, 6.45) is 51.3. The lowest BCUT2D eigenvalue weighted by atomic mass is 10.1. The van der Waals surface area contributed by atoms with Gasteiger partial charge in [0.2, 0.25) is 0 Å². The number of rotatable bonds is 38. The number of phosphoric acid groups is 1. The third-order valence-electron chi connectivity index (χ3n) is 8.28. The number of hydrogen-bond donors (Lipinski definition) is 4. The average Bonchev–Trinajstić information content (AvgIpc) is 3.24. The molecule has 0 amide bonds. The highest BCUT2D eigenvalue weighted by molar-refractivity contribution is 7.47. The molecule has 0 fully saturated rings. The van der Waals surface area contributed by atoms with Crippen LogP contribution in [0.15, 0.2) is 122 Å². The van der Waals surface area contributed by atoms with E-state index in [0.717, 1.165) is 77.0 Å². The van der Waals surface area contributed by atoms with Crippen LogP contribution in [0.1, 0.15) is 123 Å². The van der Waals surface area contributed by atoms with E-state index in [2.05, 4.69) is 109 Å². The molecule has 0 spiro atoms. The van der Waals surface area contributed by atoms with Crippen LogP contribution >= 0.6 is 7.82 Å². The minimum Gasteiger partial charge on any atom is -0.462 e. The predicted octanol–water partition coefficient (Wildman–Crippen LogP) is 10.5. The predicted molar refractivity (Wildman–Crippen MR) is 243 cm³/mol. The number of hydrogen-bond acceptors (Lipinski definition) is 10. The summed E-state index contributed by atoms with van der Waals surface area (Å²) in [5.74, 6) is -1.12. The van der Waals surface area contributed by atoms with Gasteiger partial charge in [-0.25, -0.2) is 4.57 Å². The van der Waals surface area contributed by atoms with Crippen LogP contribution in [0.4, 0.5) is 0 Å². The van der Waals surface area contributed by atoms with Gasteiger partial charge in [-0.1, -0.05) is 135 Å². The minimum absolute atomic E-state index is 0.0711. The zero-order valence-electron chi connectivity index (χ0n) is 36.2. The van der Waals surface area contributed by atoms with Crippen LogP contribution in [-0.4, -0.2) is 76.9 Å². The Hall–Kier alpha value is -3.67. The first kappa shape index (κ1) is 56.3. The molecule has 0 heterocycles. The van der Waals surface area contributed by atoms with Gasteiger partial charge >= 0.3 is 19.8 Å². The van der Waals surface area contributed by atoms with E-state index >= 15 is 0 Å². The van der Waals surface area contributed by atoms with E-state index in [1.54, 1.807) is 0 Å². The molecule has 0 aromatic heterocycles. The minimum atomic E-state index is -4.67. The van der Waals surface area contributed by atoms with Gasteiger partial charge in [-0.05, 0) is 96.3 Å². The zero-order valence-corrected chi connectivity index (χ0v) is 37.1. The summed E-state index contributed by atoms with van der Waals surface area (Å²) < 4.78 is 32.5. The van der Waals surface area contributed by atoms with Gasteiger partial charge in [0.25, 0.3) is 0 Å². The van der Waals surface area contributed by atoms with Crippen molar-refractivity contribution in [1.29, 1.82) is 0 Å². The summed E-state index contributed by atoms with van der Waals surface area (Å²) in [4.78, 5) is 34.9. The molecule has 0 aliphatic carbocycles. The Kier molecular flexibility index (Phi) is 39.5. The smallest absolute Gasteiger partial charge is 0.462 e. The molecule has 12 heteroatoms. The van der Waals surface area contributed by atoms with E-state index in [0.29, 0.717) is 19.3 Å². The molecule has 0 rings (SSSR count). The molecule has 0 aromatic rings. The molecular formula is C48H75O11P. The second-order valence-corrected chi connectivity index (χ2v) is 15.2. The van der Waals surface area contributed by atoms with Crippen LogP contribution in [0.5, 0.6) is 0 Å². The van der Waals surface area contributed by atoms with Crippen molar-refractivity contribution in [3.8, 4) is 0 Å². The van der Waals surface area contributed by atoms with Crippen molar-refractivity contribution in [2.24, 2.45) is 0 Å². The first-order chi connectivity index (χ1) is 29.1. The van der Waals surface area contributed by atoms with Gasteiger partial charge < -0.3 is 29.7 Å². The van der Waals surface area contributed by atoms with Crippen molar-refractivity contribution in [2.45, 2.75) is 141 Å². The molecule has 1 unspecified atom stereocenters. The normalized spacial score (nSPS) is 15.5. The van der Waals surface area contributed by atoms with Crippen LogP contribution < -0.4 is 0 Å². The van der Waals surface area contributed by atoms with E-state index in [4.69, 9.17) is 19.1 Å². The molecule has 0 aromatic carbocycles. The Morgan fingerprint density at radius 3 is 1.43 bits per heavy atom. The highest BCUT2D eigenvalue weighted by Gasteiger charge is 2.27. The van der Waals surface area contributed by atoms with Gasteiger partial charge in [-0.15, -0.1) is 0 Å². The highest BCUT2D eigenvalue weighted by atomic mass is 31.2. The first-order valence-corrected chi connectivity index (χ1v) is 23.1. The summed E-state index contributed by atoms with van der Waals surface area (Å²) in [5.41, 5.74) is 0. The maximum atomic E-state index is 12.6. The molecule has 60 heavy (non-hydrogen) atoms. The van der Waals surface area contributed by atoms with E-state index in [1.165, 1.54) is 0 Å². The first-order valence-electron chi connectivity index (χ1n) is 21.6. The van der Waals surface area contributed by atoms with E-state index in [9.17, 15) is 29.3 Å². The fraction of sp³-hybridized carbons (Fsp3) is 0.542. The molecule has 0 aliphatic heterocycles. The largest absolute Gasteiger partial charge is 0.472 e. The van der Waals surface area contributed by atoms with Crippen LogP contribution in [-0.2, 0) is 32.7 Å². The molecule has 0 aliphatic rings. The molecule has 4 atom stereocenters. The summed E-state index contributed by atoms with van der Waals surface area (Å²) in [7, 11) is -4.67. The van der Waals surface area contributed by atoms with Crippen LogP contribution in [0.3, 0.4) is 0 Å². The second kappa shape index (κ2) is 42.0. The Morgan fingerprint density at radius 1 is 0.533 bits per heavy atom. The maximum Gasteiger partial charge on any atom is 0.472 e. The number of ether oxygens (including phenoxy) is 2. The SMILES string of the molecule is CC/C=C\C/C=C\C/C=C\C/C=C\C/C=C\C/C=C\CCC(=O)OC[C@H](COP(=O)(O)OC[C@@H](O)CO)OC(=O)CCC/C=C\C/C=C\C/C=C\C/C=C\CC[C@H](O)CC. The van der Waals surface area contributed by atoms with Crippen molar-refractivity contribution in [3.05, 3.63) is 122 Å². The fourth-order valence-corrected chi connectivity index (χ4v) is 5.60. The molecular weight excluding hydrogens is 783 g/mol. The number of carbonyl (C=O) groups is 2. The summed E-state index contributed by atoms with van der Waals surface area (Å²) in [6, 6.07) is 0. The van der Waals surface area contributed by atoms with Gasteiger partial charge in [0.1, 0.15) is 12.7 Å². The number of aliphatic hydroxyl groups excluding tert-OH is 3. The Bertz CT molecular complexity index is 1420. The highest BCUT2D eigenvalue weighted by Crippen LogP contribution is 2.43. The van der Waals surface area contributed by atoms with Gasteiger partial charge in [-0.3, -0.25) is 18.6 Å². The molecule has 0 saturated carbocycles. The average molecular weight is 859 g/mol. The molecule has 0 saturated heterocycles. The van der Waals surface area contributed by atoms with Gasteiger partial charge in [0.15, 0.2) is 6.10 Å². The monoisotopic (exact) mass is 859 g/mol. The Labute approximate surface area is 360 Å². The Balaban J connectivity index is 4.55. The van der Waals surface area contributed by atoms with Crippen LogP contribution in [0.25, 0.3) is 0 Å². The quantitative estimate of drug-likeness (QED) is 0.0202. The zero-order chi connectivity index (χ0) is 44.2. The second-order valence-electron chi connectivity index (χ2n) is 13.8. The van der Waals surface area contributed by atoms with Gasteiger partial charge in [-0.2, -0.15) is 0 Å². The standard InChI is InChI=1S/C48H75O11P/c1-3-5-6-7-8-9-10-11-12-13-14-15-16-20-23-26-29-32-35-38-47(52)56-42-46(43-58-60(54,55)57-41-45(51)40-49)59-48(53)39-36-33-30-27-24-21-18-17-19-22-25-28-31-34-37-44(50)4-2/h5-6,8-9,11-12,14-15,18-23,27-32,44-46,49-51H,3-4,7,10,13,16-17,24-26,33-43H2,1-2H3,(H,54,55)/b6-5-,9-8-,12-11-,15-14-,21-18-,22-19-,23-20-,30-27-,31-28-,32-29-/t44-,45+,46-/m1/s1. The van der Waals surface area contributed by atoms with E-state index in [1.807, 2.05) is 31.2 Å². The molecule has 4 N–H and O–H groups in total. The maximum absolute atomic E-state index is 12.6. The van der Waals surface area contributed by atoms with Crippen molar-refractivity contribution >= 4 is 19.8 Å². The summed E-state index contributed by atoms with van der Waals surface area (Å²) in [5, 5.41) is 27.9. The summed E-state index contributed by atoms with van der Waals surface area (Å²) in [6.45, 7) is 1.79. The number of phosphoric ester groups is 1. The molecule has 0 bridgehead atoms. The molecule has 0 radical (unpaired) electrons. The van der Waals surface area contributed by atoms with E-state index < -0.39 is 58.4 Å². The summed E-state index contributed by atoms with van der Waals surface area (Å²) >= 11 is 0. The number of unbranched alkanes of at least 4 members (excludes halogenated alkanes) is 1. The lowest BCUT2D eigenvalue weighted by molar-refractivity contribution is -0.161. The van der Waals surface area contributed by atoms with Crippen molar-refractivity contribution < 1.29 is 52.9 Å². The number of allylic oxidation sites excluding steroid dienone is 20. The lowest BCUT2D eigenvalue weighted by Crippen LogP contribution is -2.29. The molecule has 338 valence electrons. The van der Waals surface area contributed by atoms with Crippen molar-refractivity contribution in [3.63, 3.8) is 0 Å². The Morgan fingerprint density at radius 2 is 0.967 bits per heavy atom. The topological polar surface area (TPSA) is 169 Å². The van der Waals surface area contributed by atoms with Crippen LogP contribution in [0, 0.1) is 0 Å². The van der Waals surface area contributed by atoms with Gasteiger partial charge in [0.05, 0.1) is 25.9 Å². The number of esters is 2. The van der Waals surface area contributed by atoms with Crippen molar-refractivity contribution in [2.75, 3.05) is 26.4 Å². The number of carbonyl (C=O) groups excluding carboxylic acids is 2. The van der Waals surface area contributed by atoms with Crippen LogP contribution in [0.2, 0.25) is 0 Å². The third-order valence-corrected chi connectivity index (χ3v) is 9.23. The number of aliphatic hydroxyl groups is 3. The third kappa shape index (κ3) is 41.1. The molecule has 11 nitrogen and oxygen atoms in total. The van der Waals surface area contributed by atoms with Crippen molar-refractivity contribution in [1.82, 2.24) is 0 Å². The lowest BCUT2D eigenvalue weighted by Gasteiger charge is -2.20. The van der Waals surface area contributed by atoms with E-state index in [-0.39, 0.29) is 18.9 Å². The fourth-order valence-electron chi connectivity index (χ4n) is 4.81. The van der Waals surface area contributed by atoms with Gasteiger partial charge in [0, 0.05) is 12.8 Å².